The van der Waals surface area contributed by atoms with Crippen LogP contribution in [0.15, 0.2) is 35.7 Å². The lowest BCUT2D eigenvalue weighted by molar-refractivity contribution is -0.119. The second kappa shape index (κ2) is 6.92. The van der Waals surface area contributed by atoms with Gasteiger partial charge in [0.05, 0.1) is 11.4 Å². The second-order valence-corrected chi connectivity index (χ2v) is 6.87. The molecule has 2 aromatic rings. The van der Waals surface area contributed by atoms with Gasteiger partial charge in [-0.25, -0.2) is 4.79 Å². The van der Waals surface area contributed by atoms with Crippen molar-refractivity contribution in [1.82, 2.24) is 10.2 Å². The van der Waals surface area contributed by atoms with E-state index in [1.165, 1.54) is 6.92 Å². The number of likely N-dealkylation sites (tertiary alicyclic amines) is 1. The van der Waals surface area contributed by atoms with E-state index in [1.54, 1.807) is 22.3 Å². The van der Waals surface area contributed by atoms with Crippen LogP contribution in [0.5, 0.6) is 0 Å². The molecule has 2 heterocycles. The Kier molecular flexibility index (Phi) is 4.71. The fourth-order valence-electron chi connectivity index (χ4n) is 2.61. The van der Waals surface area contributed by atoms with Gasteiger partial charge in [0.15, 0.2) is 0 Å². The van der Waals surface area contributed by atoms with Gasteiger partial charge in [-0.15, -0.1) is 11.3 Å². The first-order chi connectivity index (χ1) is 11.5. The Labute approximate surface area is 144 Å². The molecular weight excluding hydrogens is 324 g/mol. The molecule has 0 unspecified atom stereocenters. The van der Waals surface area contributed by atoms with E-state index >= 15 is 0 Å². The van der Waals surface area contributed by atoms with Gasteiger partial charge in [0, 0.05) is 37.4 Å². The van der Waals surface area contributed by atoms with Crippen molar-refractivity contribution in [2.45, 2.75) is 6.92 Å². The molecule has 0 aliphatic carbocycles. The Morgan fingerprint density at radius 1 is 1.33 bits per heavy atom. The first-order valence-corrected chi connectivity index (χ1v) is 8.64. The van der Waals surface area contributed by atoms with Crippen molar-refractivity contribution in [3.63, 3.8) is 0 Å². The molecule has 1 aromatic heterocycles. The molecule has 6 nitrogen and oxygen atoms in total. The molecule has 3 amide bonds. The number of carbonyl (C=O) groups is 2. The SMILES string of the molecule is CC(=O)NCC1CN(C(=O)Nc2cc(-c3cccs3)ccc2N)C1. The smallest absolute Gasteiger partial charge is 0.321 e. The van der Waals surface area contributed by atoms with Crippen LogP contribution in [0.1, 0.15) is 6.92 Å². The molecule has 3 rings (SSSR count). The van der Waals surface area contributed by atoms with Crippen molar-refractivity contribution in [2.75, 3.05) is 30.7 Å². The summed E-state index contributed by atoms with van der Waals surface area (Å²) in [6.45, 7) is 3.37. The van der Waals surface area contributed by atoms with Gasteiger partial charge in [0.25, 0.3) is 0 Å². The van der Waals surface area contributed by atoms with Gasteiger partial charge in [0.2, 0.25) is 5.91 Å². The van der Waals surface area contributed by atoms with Crippen LogP contribution in [0.2, 0.25) is 0 Å². The van der Waals surface area contributed by atoms with Gasteiger partial charge in [-0.1, -0.05) is 12.1 Å². The van der Waals surface area contributed by atoms with Crippen molar-refractivity contribution in [3.8, 4) is 10.4 Å². The molecule has 126 valence electrons. The summed E-state index contributed by atoms with van der Waals surface area (Å²) in [5.74, 6) is 0.269. The summed E-state index contributed by atoms with van der Waals surface area (Å²) in [5, 5.41) is 7.66. The first-order valence-electron chi connectivity index (χ1n) is 7.76. The average Bonchev–Trinajstić information content (AvgIpc) is 3.01. The molecule has 1 aliphatic heterocycles. The molecule has 1 saturated heterocycles. The van der Waals surface area contributed by atoms with Crippen molar-refractivity contribution in [1.29, 1.82) is 0 Å². The van der Waals surface area contributed by atoms with E-state index in [2.05, 4.69) is 10.6 Å². The Morgan fingerprint density at radius 3 is 2.79 bits per heavy atom. The third kappa shape index (κ3) is 3.68. The van der Waals surface area contributed by atoms with Crippen molar-refractivity contribution >= 4 is 34.6 Å². The van der Waals surface area contributed by atoms with Crippen LogP contribution >= 0.6 is 11.3 Å². The lowest BCUT2D eigenvalue weighted by atomic mass is 10.0. The number of hydrogen-bond donors (Lipinski definition) is 3. The zero-order valence-electron chi connectivity index (χ0n) is 13.4. The van der Waals surface area contributed by atoms with Crippen LogP contribution in [0.25, 0.3) is 10.4 Å². The lowest BCUT2D eigenvalue weighted by Gasteiger charge is -2.39. The Bertz CT molecular complexity index is 739. The van der Waals surface area contributed by atoms with E-state index in [0.717, 1.165) is 10.4 Å². The predicted octanol–water partition coefficient (Wildman–Crippen LogP) is 2.60. The summed E-state index contributed by atoms with van der Waals surface area (Å²) in [7, 11) is 0. The minimum absolute atomic E-state index is 0.0453. The van der Waals surface area contributed by atoms with E-state index < -0.39 is 0 Å². The summed E-state index contributed by atoms with van der Waals surface area (Å²) < 4.78 is 0. The summed E-state index contributed by atoms with van der Waals surface area (Å²) in [6, 6.07) is 9.51. The molecule has 0 saturated carbocycles. The lowest BCUT2D eigenvalue weighted by Crippen LogP contribution is -2.54. The van der Waals surface area contributed by atoms with Gasteiger partial charge in [-0.3, -0.25) is 4.79 Å². The molecule has 0 bridgehead atoms. The van der Waals surface area contributed by atoms with Gasteiger partial charge in [-0.05, 0) is 29.1 Å². The first kappa shape index (κ1) is 16.3. The van der Waals surface area contributed by atoms with Gasteiger partial charge in [-0.2, -0.15) is 0 Å². The third-order valence-corrected chi connectivity index (χ3v) is 4.90. The summed E-state index contributed by atoms with van der Waals surface area (Å²) in [5.41, 5.74) is 8.17. The van der Waals surface area contributed by atoms with Crippen molar-refractivity contribution < 1.29 is 9.59 Å². The number of nitrogens with two attached hydrogens (primary N) is 1. The van der Waals surface area contributed by atoms with Gasteiger partial charge < -0.3 is 21.3 Å². The number of nitrogen functional groups attached to an aromatic ring is 1. The van der Waals surface area contributed by atoms with Crippen LogP contribution in [-0.2, 0) is 4.79 Å². The van der Waals surface area contributed by atoms with Gasteiger partial charge in [0.1, 0.15) is 0 Å². The average molecular weight is 344 g/mol. The number of anilines is 2. The summed E-state index contributed by atoms with van der Waals surface area (Å²) in [6.07, 6.45) is 0. The zero-order chi connectivity index (χ0) is 17.1. The number of nitrogens with one attached hydrogen (secondary N) is 2. The molecule has 0 atom stereocenters. The fraction of sp³-hybridized carbons (Fsp3) is 0.294. The molecule has 7 heteroatoms. The van der Waals surface area contributed by atoms with Crippen LogP contribution < -0.4 is 16.4 Å². The highest BCUT2D eigenvalue weighted by Gasteiger charge is 2.30. The van der Waals surface area contributed by atoms with Crippen molar-refractivity contribution in [2.24, 2.45) is 5.92 Å². The minimum atomic E-state index is -0.163. The van der Waals surface area contributed by atoms with E-state index in [4.69, 9.17) is 5.73 Å². The fourth-order valence-corrected chi connectivity index (χ4v) is 3.33. The van der Waals surface area contributed by atoms with Crippen LogP contribution in [0.4, 0.5) is 16.2 Å². The molecule has 4 N–H and O–H groups in total. The number of rotatable bonds is 4. The topological polar surface area (TPSA) is 87.5 Å². The summed E-state index contributed by atoms with van der Waals surface area (Å²) >= 11 is 1.64. The third-order valence-electron chi connectivity index (χ3n) is 3.98. The normalized spacial score (nSPS) is 14.1. The molecule has 0 radical (unpaired) electrons. The number of nitrogens with zero attached hydrogens (tertiary/aromatic N) is 1. The molecule has 1 aliphatic rings. The van der Waals surface area contributed by atoms with Crippen LogP contribution in [0, 0.1) is 5.92 Å². The number of carbonyl (C=O) groups excluding carboxylic acids is 2. The maximum Gasteiger partial charge on any atom is 0.321 e. The number of urea groups is 1. The highest BCUT2D eigenvalue weighted by molar-refractivity contribution is 7.13. The number of thiophene rings is 1. The number of hydrogen-bond acceptors (Lipinski definition) is 4. The molecule has 1 fully saturated rings. The van der Waals surface area contributed by atoms with Gasteiger partial charge >= 0.3 is 6.03 Å². The van der Waals surface area contributed by atoms with E-state index in [-0.39, 0.29) is 11.9 Å². The largest absolute Gasteiger partial charge is 0.397 e. The number of amides is 3. The Balaban J connectivity index is 1.59. The Morgan fingerprint density at radius 2 is 2.12 bits per heavy atom. The van der Waals surface area contributed by atoms with Crippen LogP contribution in [-0.4, -0.2) is 36.5 Å². The predicted molar refractivity (Wildman–Crippen MR) is 96.9 cm³/mol. The number of benzene rings is 1. The maximum atomic E-state index is 12.3. The van der Waals surface area contributed by atoms with E-state index in [1.807, 2.05) is 29.6 Å². The Hall–Kier alpha value is -2.54. The standard InChI is InChI=1S/C17H20N4O2S/c1-11(22)19-8-12-9-21(10-12)17(23)20-15-7-13(4-5-14(15)18)16-3-2-6-24-16/h2-7,12H,8-10,18H2,1H3,(H,19,22)(H,20,23). The van der Waals surface area contributed by atoms with Crippen molar-refractivity contribution in [3.05, 3.63) is 35.7 Å². The maximum absolute atomic E-state index is 12.3. The molecule has 0 spiro atoms. The molecular formula is C17H20N4O2S. The van der Waals surface area contributed by atoms with Crippen LogP contribution in [0.3, 0.4) is 0 Å². The highest BCUT2D eigenvalue weighted by atomic mass is 32.1. The van der Waals surface area contributed by atoms with E-state index in [9.17, 15) is 9.59 Å². The monoisotopic (exact) mass is 344 g/mol. The highest BCUT2D eigenvalue weighted by Crippen LogP contribution is 2.30. The minimum Gasteiger partial charge on any atom is -0.397 e. The quantitative estimate of drug-likeness (QED) is 0.745. The summed E-state index contributed by atoms with van der Waals surface area (Å²) in [4.78, 5) is 26.0. The second-order valence-electron chi connectivity index (χ2n) is 5.92. The molecule has 24 heavy (non-hydrogen) atoms. The van der Waals surface area contributed by atoms with E-state index in [0.29, 0.717) is 36.9 Å². The molecule has 1 aromatic carbocycles. The zero-order valence-corrected chi connectivity index (χ0v) is 14.2.